The van der Waals surface area contributed by atoms with Gasteiger partial charge in [-0.3, -0.25) is 9.59 Å². The first-order chi connectivity index (χ1) is 9.81. The number of aryl methyl sites for hydroxylation is 2. The molecule has 1 aromatic heterocycles. The summed E-state index contributed by atoms with van der Waals surface area (Å²) in [6, 6.07) is -0.139. The Bertz CT molecular complexity index is 537. The summed E-state index contributed by atoms with van der Waals surface area (Å²) in [5, 5.41) is 6.06. The highest BCUT2D eigenvalue weighted by molar-refractivity contribution is 5.76. The van der Waals surface area contributed by atoms with Gasteiger partial charge in [-0.1, -0.05) is 13.8 Å². The van der Waals surface area contributed by atoms with Crippen molar-refractivity contribution in [2.75, 3.05) is 13.1 Å². The summed E-state index contributed by atoms with van der Waals surface area (Å²) in [6.07, 6.45) is 0.396. The number of hydrogen-bond donors (Lipinski definition) is 3. The van der Waals surface area contributed by atoms with E-state index in [0.717, 1.165) is 5.69 Å². The van der Waals surface area contributed by atoms with Gasteiger partial charge in [0.05, 0.1) is 5.56 Å². The molecule has 1 aromatic rings. The van der Waals surface area contributed by atoms with Crippen LogP contribution in [0, 0.1) is 19.8 Å². The zero-order valence-electron chi connectivity index (χ0n) is 13.5. The van der Waals surface area contributed by atoms with Crippen molar-refractivity contribution >= 4 is 5.91 Å². The summed E-state index contributed by atoms with van der Waals surface area (Å²) in [5.74, 6) is 1.08. The Balaban J connectivity index is 2.50. The SMILES string of the molecule is Cc1nc(C)c(C(C)NCCC(=O)NCC(C)C)c(=O)[nH]1. The molecule has 0 fully saturated rings. The lowest BCUT2D eigenvalue weighted by molar-refractivity contribution is -0.121. The minimum atomic E-state index is -0.139. The van der Waals surface area contributed by atoms with Crippen LogP contribution in [-0.2, 0) is 4.79 Å². The molecule has 1 unspecified atom stereocenters. The van der Waals surface area contributed by atoms with Gasteiger partial charge in [0.25, 0.3) is 5.56 Å². The summed E-state index contributed by atoms with van der Waals surface area (Å²) in [6.45, 7) is 10.8. The van der Waals surface area contributed by atoms with Crippen LogP contribution in [0.4, 0.5) is 0 Å². The number of nitrogens with zero attached hydrogens (tertiary/aromatic N) is 1. The highest BCUT2D eigenvalue weighted by Crippen LogP contribution is 2.10. The molecule has 0 aliphatic carbocycles. The molecule has 6 heteroatoms. The fraction of sp³-hybridized carbons (Fsp3) is 0.667. The largest absolute Gasteiger partial charge is 0.356 e. The van der Waals surface area contributed by atoms with Crippen LogP contribution in [0.25, 0.3) is 0 Å². The van der Waals surface area contributed by atoms with Gasteiger partial charge in [-0.05, 0) is 26.7 Å². The number of carbonyl (C=O) groups excluding carboxylic acids is 1. The number of H-pyrrole nitrogens is 1. The van der Waals surface area contributed by atoms with E-state index in [2.05, 4.69) is 34.4 Å². The molecule has 21 heavy (non-hydrogen) atoms. The van der Waals surface area contributed by atoms with E-state index in [-0.39, 0.29) is 17.5 Å². The summed E-state index contributed by atoms with van der Waals surface area (Å²) in [5.41, 5.74) is 1.23. The van der Waals surface area contributed by atoms with E-state index < -0.39 is 0 Å². The molecule has 0 saturated heterocycles. The molecule has 0 spiro atoms. The van der Waals surface area contributed by atoms with Gasteiger partial charge in [-0.15, -0.1) is 0 Å². The number of aromatic nitrogens is 2. The van der Waals surface area contributed by atoms with Crippen LogP contribution in [0.15, 0.2) is 4.79 Å². The Morgan fingerprint density at radius 2 is 1.95 bits per heavy atom. The molecular formula is C15H26N4O2. The quantitative estimate of drug-likeness (QED) is 0.705. The lowest BCUT2D eigenvalue weighted by Gasteiger charge is -2.15. The fourth-order valence-electron chi connectivity index (χ4n) is 2.16. The van der Waals surface area contributed by atoms with E-state index >= 15 is 0 Å². The topological polar surface area (TPSA) is 86.9 Å². The summed E-state index contributed by atoms with van der Waals surface area (Å²) in [4.78, 5) is 30.6. The van der Waals surface area contributed by atoms with Crippen molar-refractivity contribution in [1.29, 1.82) is 0 Å². The molecule has 6 nitrogen and oxygen atoms in total. The maximum absolute atomic E-state index is 12.0. The zero-order valence-corrected chi connectivity index (χ0v) is 13.5. The molecule has 0 bridgehead atoms. The fourth-order valence-corrected chi connectivity index (χ4v) is 2.16. The number of aromatic amines is 1. The Labute approximate surface area is 125 Å². The second-order valence-electron chi connectivity index (χ2n) is 5.77. The van der Waals surface area contributed by atoms with Crippen molar-refractivity contribution in [3.63, 3.8) is 0 Å². The molecule has 0 saturated carbocycles. The van der Waals surface area contributed by atoms with E-state index in [9.17, 15) is 9.59 Å². The molecule has 1 rings (SSSR count). The molecule has 118 valence electrons. The van der Waals surface area contributed by atoms with Crippen molar-refractivity contribution in [2.45, 2.75) is 47.1 Å². The van der Waals surface area contributed by atoms with Gasteiger partial charge in [0, 0.05) is 31.2 Å². The Morgan fingerprint density at radius 1 is 1.29 bits per heavy atom. The Hall–Kier alpha value is -1.69. The minimum Gasteiger partial charge on any atom is -0.356 e. The standard InChI is InChI=1S/C15H26N4O2/c1-9(2)8-17-13(20)6-7-16-10(3)14-11(4)18-12(5)19-15(14)21/h9-10,16H,6-8H2,1-5H3,(H,17,20)(H,18,19,21). The molecule has 1 atom stereocenters. The monoisotopic (exact) mass is 294 g/mol. The van der Waals surface area contributed by atoms with E-state index in [1.165, 1.54) is 0 Å². The van der Waals surface area contributed by atoms with Gasteiger partial charge in [0.2, 0.25) is 5.91 Å². The highest BCUT2D eigenvalue weighted by Gasteiger charge is 2.14. The molecular weight excluding hydrogens is 268 g/mol. The first kappa shape index (κ1) is 17.4. The lowest BCUT2D eigenvalue weighted by atomic mass is 10.1. The summed E-state index contributed by atoms with van der Waals surface area (Å²) >= 11 is 0. The number of rotatable bonds is 7. The second kappa shape index (κ2) is 7.93. The number of amides is 1. The first-order valence-electron chi connectivity index (χ1n) is 7.38. The van der Waals surface area contributed by atoms with Crippen LogP contribution in [0.2, 0.25) is 0 Å². The maximum atomic E-state index is 12.0. The summed E-state index contributed by atoms with van der Waals surface area (Å²) in [7, 11) is 0. The second-order valence-corrected chi connectivity index (χ2v) is 5.77. The molecule has 1 heterocycles. The predicted molar refractivity (Wildman–Crippen MR) is 83.2 cm³/mol. The minimum absolute atomic E-state index is 0.0241. The Morgan fingerprint density at radius 3 is 2.52 bits per heavy atom. The van der Waals surface area contributed by atoms with E-state index in [4.69, 9.17) is 0 Å². The van der Waals surface area contributed by atoms with Gasteiger partial charge in [-0.2, -0.15) is 0 Å². The molecule has 0 aliphatic rings. The van der Waals surface area contributed by atoms with Gasteiger partial charge in [0.1, 0.15) is 5.82 Å². The average Bonchev–Trinajstić information content (AvgIpc) is 2.35. The molecule has 3 N–H and O–H groups in total. The van der Waals surface area contributed by atoms with E-state index in [0.29, 0.717) is 36.8 Å². The van der Waals surface area contributed by atoms with E-state index in [1.54, 1.807) is 6.92 Å². The van der Waals surface area contributed by atoms with Crippen molar-refractivity contribution < 1.29 is 4.79 Å². The van der Waals surface area contributed by atoms with Crippen molar-refractivity contribution in [2.24, 2.45) is 5.92 Å². The number of carbonyl (C=O) groups is 1. The molecule has 0 radical (unpaired) electrons. The average molecular weight is 294 g/mol. The smallest absolute Gasteiger partial charge is 0.255 e. The molecule has 0 aliphatic heterocycles. The Kier molecular flexibility index (Phi) is 6.55. The van der Waals surface area contributed by atoms with Crippen molar-refractivity contribution in [1.82, 2.24) is 20.6 Å². The van der Waals surface area contributed by atoms with Crippen LogP contribution >= 0.6 is 0 Å². The molecule has 0 aromatic carbocycles. The third-order valence-electron chi connectivity index (χ3n) is 3.21. The van der Waals surface area contributed by atoms with Crippen LogP contribution < -0.4 is 16.2 Å². The molecule has 1 amide bonds. The normalized spacial score (nSPS) is 12.5. The zero-order chi connectivity index (χ0) is 16.0. The number of hydrogen-bond acceptors (Lipinski definition) is 4. The third kappa shape index (κ3) is 5.67. The van der Waals surface area contributed by atoms with Crippen LogP contribution in [0.3, 0.4) is 0 Å². The lowest BCUT2D eigenvalue weighted by Crippen LogP contribution is -2.33. The highest BCUT2D eigenvalue weighted by atomic mass is 16.1. The van der Waals surface area contributed by atoms with Gasteiger partial charge >= 0.3 is 0 Å². The van der Waals surface area contributed by atoms with E-state index in [1.807, 2.05) is 13.8 Å². The van der Waals surface area contributed by atoms with Gasteiger partial charge < -0.3 is 15.6 Å². The van der Waals surface area contributed by atoms with Crippen LogP contribution in [-0.4, -0.2) is 29.0 Å². The third-order valence-corrected chi connectivity index (χ3v) is 3.21. The first-order valence-corrected chi connectivity index (χ1v) is 7.38. The van der Waals surface area contributed by atoms with Gasteiger partial charge in [0.15, 0.2) is 0 Å². The van der Waals surface area contributed by atoms with Crippen LogP contribution in [0.5, 0.6) is 0 Å². The summed E-state index contributed by atoms with van der Waals surface area (Å²) < 4.78 is 0. The predicted octanol–water partition coefficient (Wildman–Crippen LogP) is 1.20. The number of nitrogens with one attached hydrogen (secondary N) is 3. The van der Waals surface area contributed by atoms with Gasteiger partial charge in [-0.25, -0.2) is 4.98 Å². The van der Waals surface area contributed by atoms with Crippen molar-refractivity contribution in [3.8, 4) is 0 Å². The maximum Gasteiger partial charge on any atom is 0.255 e. The van der Waals surface area contributed by atoms with Crippen LogP contribution in [0.1, 0.15) is 50.3 Å². The van der Waals surface area contributed by atoms with Crippen molar-refractivity contribution in [3.05, 3.63) is 27.4 Å².